The molecule has 2 aromatic heterocycles. The number of hydrogen-bond donors (Lipinski definition) is 0. The van der Waals surface area contributed by atoms with Crippen LogP contribution in [-0.4, -0.2) is 74.9 Å². The highest BCUT2D eigenvalue weighted by molar-refractivity contribution is 5.96. The van der Waals surface area contributed by atoms with Crippen LogP contribution in [-0.2, 0) is 34.3 Å². The van der Waals surface area contributed by atoms with Crippen molar-refractivity contribution in [1.29, 1.82) is 0 Å². The molecule has 11 heteroatoms. The van der Waals surface area contributed by atoms with Crippen molar-refractivity contribution in [1.82, 2.24) is 24.5 Å². The summed E-state index contributed by atoms with van der Waals surface area (Å²) in [6, 6.07) is 6.31. The molecule has 0 N–H and O–H groups in total. The first kappa shape index (κ1) is 26.4. The van der Waals surface area contributed by atoms with Gasteiger partial charge in [-0.2, -0.15) is 10.2 Å². The zero-order valence-corrected chi connectivity index (χ0v) is 23.9. The van der Waals surface area contributed by atoms with E-state index in [-0.39, 0.29) is 18.0 Å². The molecule has 0 unspecified atom stereocenters. The fraction of sp³-hybridized carbons (Fsp3) is 0.517. The number of anilines is 3. The summed E-state index contributed by atoms with van der Waals surface area (Å²) in [6.07, 6.45) is 5.07. The van der Waals surface area contributed by atoms with Gasteiger partial charge in [0.05, 0.1) is 36.8 Å². The zero-order valence-electron chi connectivity index (χ0n) is 23.9. The molecule has 3 aromatic rings. The molecule has 212 valence electrons. The number of nitrogens with zero attached hydrogens (tertiary/aromatic N) is 7. The quantitative estimate of drug-likeness (QED) is 0.488. The Kier molecular flexibility index (Phi) is 6.56. The van der Waals surface area contributed by atoms with Gasteiger partial charge in [0.2, 0.25) is 5.91 Å². The van der Waals surface area contributed by atoms with E-state index >= 15 is 0 Å². The fourth-order valence-electron chi connectivity index (χ4n) is 5.82. The van der Waals surface area contributed by atoms with Crippen molar-refractivity contribution in [3.63, 3.8) is 0 Å². The van der Waals surface area contributed by atoms with E-state index in [4.69, 9.17) is 14.6 Å². The molecule has 1 fully saturated rings. The Hall–Kier alpha value is -3.86. The van der Waals surface area contributed by atoms with Crippen LogP contribution in [0.25, 0.3) is 11.1 Å². The standard InChI is InChI=1S/C29H37N7O4/c1-19(37)33-10-8-24-23(17-33)27(31-36(24)22-9-13-39-18-22)34-11-12-35(28(38)40-29(2,3)4)26-14-20(6-7-25(26)34)21-15-30-32(5)16-21/h6-7,14-16,22H,8-13,17-18H2,1-5H3/t22-/m0/s1. The number of rotatable bonds is 3. The van der Waals surface area contributed by atoms with E-state index in [9.17, 15) is 9.59 Å². The van der Waals surface area contributed by atoms with E-state index in [1.54, 1.807) is 16.5 Å². The maximum absolute atomic E-state index is 13.4. The van der Waals surface area contributed by atoms with Crippen molar-refractivity contribution in [2.45, 2.75) is 58.7 Å². The van der Waals surface area contributed by atoms with Crippen LogP contribution in [0.2, 0.25) is 0 Å². The number of aryl methyl sites for hydroxylation is 1. The van der Waals surface area contributed by atoms with E-state index < -0.39 is 5.60 Å². The molecule has 3 aliphatic rings. The third kappa shape index (κ3) is 4.83. The first-order valence-corrected chi connectivity index (χ1v) is 13.9. The fourth-order valence-corrected chi connectivity index (χ4v) is 5.82. The van der Waals surface area contributed by atoms with E-state index in [1.165, 1.54) is 5.69 Å². The lowest BCUT2D eigenvalue weighted by atomic mass is 10.0. The Labute approximate surface area is 234 Å². The average molecular weight is 548 g/mol. The van der Waals surface area contributed by atoms with Crippen molar-refractivity contribution in [2.24, 2.45) is 7.05 Å². The largest absolute Gasteiger partial charge is 0.443 e. The van der Waals surface area contributed by atoms with Crippen LogP contribution in [0.15, 0.2) is 30.6 Å². The topological polar surface area (TPSA) is 98.0 Å². The molecule has 1 atom stereocenters. The molecular weight excluding hydrogens is 510 g/mol. The van der Waals surface area contributed by atoms with Crippen LogP contribution in [0.5, 0.6) is 0 Å². The minimum absolute atomic E-state index is 0.0600. The Morgan fingerprint density at radius 1 is 1.10 bits per heavy atom. The lowest BCUT2D eigenvalue weighted by Gasteiger charge is -2.38. The van der Waals surface area contributed by atoms with Crippen LogP contribution >= 0.6 is 0 Å². The van der Waals surface area contributed by atoms with E-state index in [1.807, 2.05) is 57.2 Å². The first-order valence-electron chi connectivity index (χ1n) is 13.9. The maximum atomic E-state index is 13.4. The van der Waals surface area contributed by atoms with Gasteiger partial charge in [-0.3, -0.25) is 19.1 Å². The summed E-state index contributed by atoms with van der Waals surface area (Å²) in [5.41, 5.74) is 5.18. The molecule has 0 radical (unpaired) electrons. The lowest BCUT2D eigenvalue weighted by Crippen LogP contribution is -2.45. The SMILES string of the molecule is CC(=O)N1CCc2c(c(N3CCN(C(=O)OC(C)(C)C)c4cc(-c5cnn(C)c5)ccc43)nn2[C@H]2CCOC2)C1. The number of carbonyl (C=O) groups excluding carboxylic acids is 2. The van der Waals surface area contributed by atoms with Gasteiger partial charge in [0.1, 0.15) is 5.60 Å². The molecule has 1 aromatic carbocycles. The summed E-state index contributed by atoms with van der Waals surface area (Å²) >= 11 is 0. The Morgan fingerprint density at radius 2 is 1.93 bits per heavy atom. The smallest absolute Gasteiger partial charge is 0.414 e. The second-order valence-corrected chi connectivity index (χ2v) is 11.8. The van der Waals surface area contributed by atoms with Crippen LogP contribution in [0.4, 0.5) is 22.0 Å². The molecule has 0 saturated carbocycles. The molecule has 0 spiro atoms. The van der Waals surface area contributed by atoms with Gasteiger partial charge in [0.25, 0.3) is 0 Å². The van der Waals surface area contributed by atoms with Crippen molar-refractivity contribution in [3.8, 4) is 11.1 Å². The Morgan fingerprint density at radius 3 is 2.60 bits per heavy atom. The summed E-state index contributed by atoms with van der Waals surface area (Å²) in [6.45, 7) is 10.8. The number of benzene rings is 1. The van der Waals surface area contributed by atoms with Gasteiger partial charge < -0.3 is 19.3 Å². The number of aromatic nitrogens is 4. The molecule has 0 aliphatic carbocycles. The van der Waals surface area contributed by atoms with Crippen molar-refractivity contribution in [3.05, 3.63) is 41.9 Å². The van der Waals surface area contributed by atoms with Crippen molar-refractivity contribution >= 4 is 29.2 Å². The molecule has 1 saturated heterocycles. The highest BCUT2D eigenvalue weighted by atomic mass is 16.6. The van der Waals surface area contributed by atoms with Gasteiger partial charge in [-0.15, -0.1) is 0 Å². The van der Waals surface area contributed by atoms with Crippen LogP contribution in [0.3, 0.4) is 0 Å². The molecule has 0 bridgehead atoms. The van der Waals surface area contributed by atoms with E-state index in [0.29, 0.717) is 32.8 Å². The molecular formula is C29H37N7O4. The number of hydrogen-bond acceptors (Lipinski definition) is 7. The highest BCUT2D eigenvalue weighted by Crippen LogP contribution is 2.43. The normalized spacial score (nSPS) is 19.0. The van der Waals surface area contributed by atoms with Crippen LogP contribution in [0.1, 0.15) is 51.4 Å². The summed E-state index contributed by atoms with van der Waals surface area (Å²) in [5.74, 6) is 0.900. The third-order valence-electron chi connectivity index (χ3n) is 7.77. The first-order chi connectivity index (χ1) is 19.1. The Bertz CT molecular complexity index is 1450. The predicted octanol–water partition coefficient (Wildman–Crippen LogP) is 4.04. The van der Waals surface area contributed by atoms with Crippen LogP contribution < -0.4 is 9.80 Å². The molecule has 6 rings (SSSR count). The summed E-state index contributed by atoms with van der Waals surface area (Å²) < 4.78 is 15.4. The predicted molar refractivity (Wildman–Crippen MR) is 151 cm³/mol. The summed E-state index contributed by atoms with van der Waals surface area (Å²) in [4.78, 5) is 31.5. The van der Waals surface area contributed by atoms with Gasteiger partial charge in [-0.25, -0.2) is 4.79 Å². The van der Waals surface area contributed by atoms with Gasteiger partial charge in [-0.05, 0) is 44.9 Å². The Balaban J connectivity index is 1.45. The third-order valence-corrected chi connectivity index (χ3v) is 7.77. The minimum atomic E-state index is -0.618. The number of fused-ring (bicyclic) bond motifs is 2. The van der Waals surface area contributed by atoms with Gasteiger partial charge in [0.15, 0.2) is 5.82 Å². The minimum Gasteiger partial charge on any atom is -0.443 e. The highest BCUT2D eigenvalue weighted by Gasteiger charge is 2.37. The summed E-state index contributed by atoms with van der Waals surface area (Å²) in [7, 11) is 1.88. The molecule has 3 aliphatic heterocycles. The monoisotopic (exact) mass is 547 g/mol. The zero-order chi connectivity index (χ0) is 28.2. The van der Waals surface area contributed by atoms with E-state index in [0.717, 1.165) is 53.3 Å². The molecule has 5 heterocycles. The number of carbonyl (C=O) groups is 2. The van der Waals surface area contributed by atoms with Gasteiger partial charge in [-0.1, -0.05) is 6.07 Å². The second kappa shape index (κ2) is 9.96. The summed E-state index contributed by atoms with van der Waals surface area (Å²) in [5, 5.41) is 9.51. The maximum Gasteiger partial charge on any atom is 0.414 e. The molecule has 11 nitrogen and oxygen atoms in total. The number of amides is 2. The lowest BCUT2D eigenvalue weighted by molar-refractivity contribution is -0.129. The van der Waals surface area contributed by atoms with E-state index in [2.05, 4.69) is 20.7 Å². The van der Waals surface area contributed by atoms with Crippen molar-refractivity contribution in [2.75, 3.05) is 42.6 Å². The molecule has 2 amide bonds. The van der Waals surface area contributed by atoms with Crippen LogP contribution in [0, 0.1) is 0 Å². The number of ether oxygens (including phenoxy) is 2. The van der Waals surface area contributed by atoms with Crippen molar-refractivity contribution < 1.29 is 19.1 Å². The second-order valence-electron chi connectivity index (χ2n) is 11.8. The molecule has 40 heavy (non-hydrogen) atoms. The van der Waals surface area contributed by atoms with Gasteiger partial charge in [0, 0.05) is 69.7 Å². The van der Waals surface area contributed by atoms with Gasteiger partial charge >= 0.3 is 6.09 Å². The average Bonchev–Trinajstić information content (AvgIpc) is 3.66.